The van der Waals surface area contributed by atoms with Crippen LogP contribution in [0.4, 0.5) is 0 Å². The summed E-state index contributed by atoms with van der Waals surface area (Å²) in [6, 6.07) is 0. The average molecular weight is 268 g/mol. The van der Waals surface area contributed by atoms with E-state index in [2.05, 4.69) is 23.9 Å². The van der Waals surface area contributed by atoms with E-state index in [-0.39, 0.29) is 15.5 Å². The number of hydrogen-bond acceptors (Lipinski definition) is 4. The second kappa shape index (κ2) is 4.99. The zero-order chi connectivity index (χ0) is 11.5. The predicted molar refractivity (Wildman–Crippen MR) is 68.7 cm³/mol. The Morgan fingerprint density at radius 3 is 2.80 bits per heavy atom. The second-order valence-corrected chi connectivity index (χ2v) is 7.96. The van der Waals surface area contributed by atoms with E-state index in [1.165, 1.54) is 0 Å². The number of hydrogen-bond donors (Lipinski definition) is 2. The van der Waals surface area contributed by atoms with Gasteiger partial charge in [0, 0.05) is 11.3 Å². The van der Waals surface area contributed by atoms with Gasteiger partial charge in [-0.2, -0.15) is 11.8 Å². The molecule has 0 aliphatic carbocycles. The third-order valence-electron chi connectivity index (χ3n) is 2.30. The van der Waals surface area contributed by atoms with Gasteiger partial charge in [0.05, 0.1) is 4.99 Å². The van der Waals surface area contributed by atoms with Crippen LogP contribution >= 0.6 is 24.0 Å². The maximum Gasteiger partial charge on any atom is 0.218 e. The smallest absolute Gasteiger partial charge is 0.218 e. The molecule has 15 heavy (non-hydrogen) atoms. The van der Waals surface area contributed by atoms with Gasteiger partial charge in [-0.25, -0.2) is 13.1 Å². The average Bonchev–Trinajstić information content (AvgIpc) is 2.48. The Morgan fingerprint density at radius 1 is 1.67 bits per heavy atom. The van der Waals surface area contributed by atoms with Crippen molar-refractivity contribution < 1.29 is 8.42 Å². The highest BCUT2D eigenvalue weighted by atomic mass is 32.2. The van der Waals surface area contributed by atoms with Crippen molar-refractivity contribution in [2.75, 3.05) is 18.1 Å². The number of sulfonamides is 1. The lowest BCUT2D eigenvalue weighted by molar-refractivity contribution is 0.555. The Labute approximate surface area is 100 Å². The monoisotopic (exact) mass is 268 g/mol. The van der Waals surface area contributed by atoms with E-state index in [0.29, 0.717) is 6.54 Å². The van der Waals surface area contributed by atoms with Crippen LogP contribution in [0.15, 0.2) is 0 Å². The molecule has 1 aliphatic rings. The summed E-state index contributed by atoms with van der Waals surface area (Å²) in [5, 5.41) is 0. The van der Waals surface area contributed by atoms with Gasteiger partial charge in [-0.1, -0.05) is 12.2 Å². The molecular weight excluding hydrogens is 252 g/mol. The minimum absolute atomic E-state index is 0.00623. The molecule has 0 radical (unpaired) electrons. The van der Waals surface area contributed by atoms with Crippen molar-refractivity contribution in [3.05, 3.63) is 0 Å². The zero-order valence-electron chi connectivity index (χ0n) is 8.65. The van der Waals surface area contributed by atoms with E-state index in [4.69, 9.17) is 5.73 Å². The van der Waals surface area contributed by atoms with Gasteiger partial charge in [0.25, 0.3) is 0 Å². The van der Waals surface area contributed by atoms with Crippen LogP contribution in [0.3, 0.4) is 0 Å². The molecule has 1 rings (SSSR count). The van der Waals surface area contributed by atoms with E-state index in [1.54, 1.807) is 0 Å². The van der Waals surface area contributed by atoms with Gasteiger partial charge < -0.3 is 5.73 Å². The second-order valence-electron chi connectivity index (χ2n) is 3.95. The lowest BCUT2D eigenvalue weighted by Crippen LogP contribution is -2.40. The van der Waals surface area contributed by atoms with Gasteiger partial charge >= 0.3 is 0 Å². The molecular formula is C8H16N2O2S3. The van der Waals surface area contributed by atoms with Crippen molar-refractivity contribution in [2.45, 2.75) is 24.5 Å². The molecule has 0 bridgehead atoms. The molecule has 4 nitrogen and oxygen atoms in total. The number of nitrogens with two attached hydrogens (primary N) is 1. The minimum Gasteiger partial charge on any atom is -0.392 e. The first-order chi connectivity index (χ1) is 6.83. The van der Waals surface area contributed by atoms with Crippen molar-refractivity contribution >= 4 is 39.0 Å². The SMILES string of the molecule is CC1(CNS(=O)(=O)CC(N)=S)CCCS1. The van der Waals surface area contributed by atoms with Crippen molar-refractivity contribution in [1.82, 2.24) is 4.72 Å². The van der Waals surface area contributed by atoms with Crippen LogP contribution in [-0.2, 0) is 10.0 Å². The van der Waals surface area contributed by atoms with Crippen LogP contribution in [-0.4, -0.2) is 36.2 Å². The fourth-order valence-electron chi connectivity index (χ4n) is 1.48. The van der Waals surface area contributed by atoms with Crippen LogP contribution in [0.2, 0.25) is 0 Å². The largest absolute Gasteiger partial charge is 0.392 e. The van der Waals surface area contributed by atoms with E-state index in [0.717, 1.165) is 18.6 Å². The maximum atomic E-state index is 11.5. The molecule has 1 atom stereocenters. The third kappa shape index (κ3) is 4.67. The highest BCUT2D eigenvalue weighted by molar-refractivity contribution is 8.01. The molecule has 1 saturated heterocycles. The topological polar surface area (TPSA) is 72.2 Å². The van der Waals surface area contributed by atoms with E-state index in [1.807, 2.05) is 11.8 Å². The Morgan fingerprint density at radius 2 is 2.33 bits per heavy atom. The Bertz CT molecular complexity index is 334. The van der Waals surface area contributed by atoms with E-state index < -0.39 is 10.0 Å². The van der Waals surface area contributed by atoms with Crippen LogP contribution in [0.5, 0.6) is 0 Å². The first-order valence-electron chi connectivity index (χ1n) is 4.73. The standard InChI is InChI=1S/C8H16N2O2S3/c1-8(3-2-4-14-8)6-10-15(11,12)5-7(9)13/h10H,2-6H2,1H3,(H2,9,13). The molecule has 3 N–H and O–H groups in total. The molecule has 0 spiro atoms. The molecule has 0 amide bonds. The Hall–Kier alpha value is 0.150. The predicted octanol–water partition coefficient (Wildman–Crippen LogP) is 0.478. The number of nitrogens with one attached hydrogen (secondary N) is 1. The zero-order valence-corrected chi connectivity index (χ0v) is 11.1. The molecule has 88 valence electrons. The van der Waals surface area contributed by atoms with E-state index >= 15 is 0 Å². The molecule has 1 heterocycles. The summed E-state index contributed by atoms with van der Waals surface area (Å²) in [5.41, 5.74) is 5.20. The summed E-state index contributed by atoms with van der Waals surface area (Å²) in [6.45, 7) is 2.54. The number of rotatable bonds is 5. The quantitative estimate of drug-likeness (QED) is 0.710. The maximum absolute atomic E-state index is 11.5. The minimum atomic E-state index is -3.34. The molecule has 1 unspecified atom stereocenters. The normalized spacial score (nSPS) is 26.7. The van der Waals surface area contributed by atoms with Crippen molar-refractivity contribution in [2.24, 2.45) is 5.73 Å². The summed E-state index contributed by atoms with van der Waals surface area (Å²) in [5.74, 6) is 0.844. The molecule has 0 saturated carbocycles. The van der Waals surface area contributed by atoms with Crippen LogP contribution in [0.1, 0.15) is 19.8 Å². The van der Waals surface area contributed by atoms with E-state index in [9.17, 15) is 8.42 Å². The summed E-state index contributed by atoms with van der Waals surface area (Å²) in [6.07, 6.45) is 2.20. The van der Waals surface area contributed by atoms with Gasteiger partial charge in [-0.15, -0.1) is 0 Å². The molecule has 0 aromatic carbocycles. The molecule has 7 heteroatoms. The van der Waals surface area contributed by atoms with Crippen molar-refractivity contribution in [3.63, 3.8) is 0 Å². The Balaban J connectivity index is 2.45. The van der Waals surface area contributed by atoms with Gasteiger partial charge in [0.1, 0.15) is 5.75 Å². The first kappa shape index (κ1) is 13.2. The molecule has 0 aromatic heterocycles. The third-order valence-corrected chi connectivity index (χ3v) is 5.44. The van der Waals surface area contributed by atoms with Gasteiger partial charge in [-0.3, -0.25) is 0 Å². The highest BCUT2D eigenvalue weighted by Crippen LogP contribution is 2.37. The lowest BCUT2D eigenvalue weighted by Gasteiger charge is -2.22. The van der Waals surface area contributed by atoms with Gasteiger partial charge in [0.2, 0.25) is 10.0 Å². The molecule has 1 aliphatic heterocycles. The first-order valence-corrected chi connectivity index (χ1v) is 7.77. The molecule has 1 fully saturated rings. The summed E-state index contributed by atoms with van der Waals surface area (Å²) >= 11 is 6.39. The van der Waals surface area contributed by atoms with Crippen LogP contribution < -0.4 is 10.5 Å². The summed E-state index contributed by atoms with van der Waals surface area (Å²) in [4.78, 5) is 0.00623. The van der Waals surface area contributed by atoms with Gasteiger partial charge in [0.15, 0.2) is 0 Å². The fraction of sp³-hybridized carbons (Fsp3) is 0.875. The van der Waals surface area contributed by atoms with Gasteiger partial charge in [-0.05, 0) is 25.5 Å². The Kier molecular flexibility index (Phi) is 4.39. The van der Waals surface area contributed by atoms with Crippen molar-refractivity contribution in [1.29, 1.82) is 0 Å². The van der Waals surface area contributed by atoms with Crippen LogP contribution in [0, 0.1) is 0 Å². The number of thiocarbonyl (C=S) groups is 1. The highest BCUT2D eigenvalue weighted by Gasteiger charge is 2.30. The fourth-order valence-corrected chi connectivity index (χ4v) is 4.29. The summed E-state index contributed by atoms with van der Waals surface area (Å²) in [7, 11) is -3.34. The van der Waals surface area contributed by atoms with Crippen LogP contribution in [0.25, 0.3) is 0 Å². The number of thioether (sulfide) groups is 1. The summed E-state index contributed by atoms with van der Waals surface area (Å²) < 4.78 is 25.5. The lowest BCUT2D eigenvalue weighted by atomic mass is 10.1. The molecule has 0 aromatic rings. The van der Waals surface area contributed by atoms with Crippen molar-refractivity contribution in [3.8, 4) is 0 Å².